The number of carbonyl (C=O) groups is 1. The van der Waals surface area contributed by atoms with Crippen molar-refractivity contribution in [2.45, 2.75) is 19.4 Å². The van der Waals surface area contributed by atoms with Crippen LogP contribution in [0.1, 0.15) is 28.8 Å². The van der Waals surface area contributed by atoms with Gasteiger partial charge in [-0.15, -0.1) is 0 Å². The maximum atomic E-state index is 12.3. The second-order valence-corrected chi connectivity index (χ2v) is 6.86. The molecule has 0 bridgehead atoms. The largest absolute Gasteiger partial charge is 0.358 e. The van der Waals surface area contributed by atoms with Gasteiger partial charge in [-0.1, -0.05) is 23.7 Å². The fraction of sp³-hybridized carbons (Fsp3) is 0.263. The first-order valence-corrected chi connectivity index (χ1v) is 9.09. The second-order valence-electron chi connectivity index (χ2n) is 6.01. The number of hydrogen-bond acceptors (Lipinski definition) is 2. The maximum Gasteiger partial charge on any atom is 0.253 e. The summed E-state index contributed by atoms with van der Waals surface area (Å²) in [7, 11) is 0. The van der Waals surface area contributed by atoms with Gasteiger partial charge in [-0.3, -0.25) is 4.79 Å². The van der Waals surface area contributed by atoms with Crippen LogP contribution in [0.4, 0.5) is 5.69 Å². The Morgan fingerprint density at radius 2 is 1.68 bits per heavy atom. The van der Waals surface area contributed by atoms with E-state index in [9.17, 15) is 4.79 Å². The van der Waals surface area contributed by atoms with E-state index in [-0.39, 0.29) is 5.91 Å². The maximum absolute atomic E-state index is 12.3. The molecule has 0 saturated carbocycles. The molecule has 0 atom stereocenters. The third-order valence-electron chi connectivity index (χ3n) is 4.15. The van der Waals surface area contributed by atoms with Gasteiger partial charge in [-0.25, -0.2) is 0 Å². The zero-order valence-electron chi connectivity index (χ0n) is 13.8. The van der Waals surface area contributed by atoms with Crippen LogP contribution in [0, 0.1) is 0 Å². The number of rotatable bonds is 4. The molecule has 0 aromatic heterocycles. The summed E-state index contributed by atoms with van der Waals surface area (Å²) in [6, 6.07) is 15.0. The molecule has 0 radical (unpaired) electrons. The van der Waals surface area contributed by atoms with Crippen molar-refractivity contribution in [3.8, 4) is 0 Å². The van der Waals surface area contributed by atoms with E-state index in [1.54, 1.807) is 0 Å². The van der Waals surface area contributed by atoms with Gasteiger partial charge in [0.2, 0.25) is 0 Å². The van der Waals surface area contributed by atoms with Crippen LogP contribution in [0.5, 0.6) is 0 Å². The van der Waals surface area contributed by atoms with Gasteiger partial charge >= 0.3 is 0 Å². The van der Waals surface area contributed by atoms with Crippen molar-refractivity contribution in [2.75, 3.05) is 18.4 Å². The van der Waals surface area contributed by atoms with Crippen molar-refractivity contribution in [2.24, 2.45) is 0 Å². The predicted octanol–water partition coefficient (Wildman–Crippen LogP) is 4.06. The summed E-state index contributed by atoms with van der Waals surface area (Å²) in [5.74, 6) is 0.104. The van der Waals surface area contributed by atoms with E-state index >= 15 is 0 Å². The van der Waals surface area contributed by atoms with Gasteiger partial charge in [0.25, 0.3) is 5.91 Å². The molecule has 1 aliphatic heterocycles. The molecule has 2 aromatic carbocycles. The first-order valence-electron chi connectivity index (χ1n) is 8.30. The Morgan fingerprint density at radius 1 is 1.04 bits per heavy atom. The molecule has 3 rings (SSSR count). The molecule has 1 heterocycles. The number of nitrogens with one attached hydrogen (secondary N) is 2. The Balaban J connectivity index is 1.51. The molecular weight excluding hydrogens is 354 g/mol. The lowest BCUT2D eigenvalue weighted by Crippen LogP contribution is -2.28. The van der Waals surface area contributed by atoms with Crippen LogP contribution >= 0.6 is 23.8 Å². The van der Waals surface area contributed by atoms with Gasteiger partial charge in [-0.2, -0.15) is 0 Å². The third kappa shape index (κ3) is 4.94. The number of halogens is 1. The molecule has 25 heavy (non-hydrogen) atoms. The number of hydrogen-bond donors (Lipinski definition) is 2. The molecule has 0 spiro atoms. The number of carbonyl (C=O) groups excluding carboxylic acids is 1. The third-order valence-corrected chi connectivity index (χ3v) is 4.65. The molecule has 4 nitrogen and oxygen atoms in total. The fourth-order valence-electron chi connectivity index (χ4n) is 2.76. The van der Waals surface area contributed by atoms with Crippen molar-refractivity contribution >= 4 is 40.5 Å². The second kappa shape index (κ2) is 8.32. The standard InChI is InChI=1S/C19H20ClN3OS/c20-16-7-3-14(4-8-16)13-21-19(25)22-17-9-5-15(6-10-17)18(24)23-11-1-2-12-23/h3-10H,1-2,11-13H2,(H2,21,22,25). The molecule has 2 N–H and O–H groups in total. The van der Waals surface area contributed by atoms with Gasteiger partial charge in [0.1, 0.15) is 0 Å². The minimum absolute atomic E-state index is 0.104. The van der Waals surface area contributed by atoms with Crippen LogP contribution in [0.25, 0.3) is 0 Å². The van der Waals surface area contributed by atoms with Crippen molar-refractivity contribution in [3.05, 3.63) is 64.7 Å². The number of nitrogens with zero attached hydrogens (tertiary/aromatic N) is 1. The molecule has 0 aliphatic carbocycles. The van der Waals surface area contributed by atoms with Crippen LogP contribution in [0.3, 0.4) is 0 Å². The highest BCUT2D eigenvalue weighted by Gasteiger charge is 2.19. The summed E-state index contributed by atoms with van der Waals surface area (Å²) in [4.78, 5) is 14.2. The van der Waals surface area contributed by atoms with E-state index in [1.807, 2.05) is 53.4 Å². The van der Waals surface area contributed by atoms with Crippen molar-refractivity contribution in [1.82, 2.24) is 10.2 Å². The van der Waals surface area contributed by atoms with E-state index in [0.29, 0.717) is 22.2 Å². The number of benzene rings is 2. The summed E-state index contributed by atoms with van der Waals surface area (Å²) in [6.07, 6.45) is 2.19. The zero-order chi connectivity index (χ0) is 17.6. The fourth-order valence-corrected chi connectivity index (χ4v) is 3.07. The minimum atomic E-state index is 0.104. The first kappa shape index (κ1) is 17.7. The first-order chi connectivity index (χ1) is 12.1. The van der Waals surface area contributed by atoms with E-state index < -0.39 is 0 Å². The van der Waals surface area contributed by atoms with Crippen LogP contribution in [0.2, 0.25) is 5.02 Å². The van der Waals surface area contributed by atoms with Gasteiger partial charge in [-0.05, 0) is 67.0 Å². The molecule has 0 unspecified atom stereocenters. The predicted molar refractivity (Wildman–Crippen MR) is 106 cm³/mol. The van der Waals surface area contributed by atoms with E-state index in [4.69, 9.17) is 23.8 Å². The van der Waals surface area contributed by atoms with E-state index in [0.717, 1.165) is 37.2 Å². The van der Waals surface area contributed by atoms with Crippen molar-refractivity contribution in [3.63, 3.8) is 0 Å². The monoisotopic (exact) mass is 373 g/mol. The van der Waals surface area contributed by atoms with E-state index in [1.165, 1.54) is 0 Å². The molecule has 1 amide bonds. The lowest BCUT2D eigenvalue weighted by molar-refractivity contribution is 0.0793. The quantitative estimate of drug-likeness (QED) is 0.793. The zero-order valence-corrected chi connectivity index (χ0v) is 15.4. The van der Waals surface area contributed by atoms with Crippen LogP contribution in [-0.2, 0) is 6.54 Å². The van der Waals surface area contributed by atoms with E-state index in [2.05, 4.69) is 10.6 Å². The van der Waals surface area contributed by atoms with Crippen LogP contribution in [-0.4, -0.2) is 29.0 Å². The number of anilines is 1. The van der Waals surface area contributed by atoms with Gasteiger partial charge < -0.3 is 15.5 Å². The van der Waals surface area contributed by atoms with Gasteiger partial charge in [0.05, 0.1) is 0 Å². The Bertz CT molecular complexity index is 740. The molecule has 2 aromatic rings. The van der Waals surface area contributed by atoms with Crippen LogP contribution < -0.4 is 10.6 Å². The van der Waals surface area contributed by atoms with Crippen LogP contribution in [0.15, 0.2) is 48.5 Å². The number of thiocarbonyl (C=S) groups is 1. The highest BCUT2D eigenvalue weighted by atomic mass is 35.5. The highest BCUT2D eigenvalue weighted by molar-refractivity contribution is 7.80. The van der Waals surface area contributed by atoms with Gasteiger partial charge in [0.15, 0.2) is 5.11 Å². The minimum Gasteiger partial charge on any atom is -0.358 e. The Morgan fingerprint density at radius 3 is 2.32 bits per heavy atom. The molecule has 1 saturated heterocycles. The summed E-state index contributed by atoms with van der Waals surface area (Å²) < 4.78 is 0. The summed E-state index contributed by atoms with van der Waals surface area (Å²) >= 11 is 11.2. The molecule has 6 heteroatoms. The molecule has 130 valence electrons. The summed E-state index contributed by atoms with van der Waals surface area (Å²) in [6.45, 7) is 2.34. The Hall–Kier alpha value is -2.11. The smallest absolute Gasteiger partial charge is 0.253 e. The number of amides is 1. The topological polar surface area (TPSA) is 44.4 Å². The molecule has 1 fully saturated rings. The Kier molecular flexibility index (Phi) is 5.89. The molecular formula is C19H20ClN3OS. The average molecular weight is 374 g/mol. The average Bonchev–Trinajstić information content (AvgIpc) is 3.16. The lowest BCUT2D eigenvalue weighted by atomic mass is 10.2. The van der Waals surface area contributed by atoms with Crippen molar-refractivity contribution < 1.29 is 4.79 Å². The molecule has 1 aliphatic rings. The Labute approximate surface area is 158 Å². The number of likely N-dealkylation sites (tertiary alicyclic amines) is 1. The normalized spacial score (nSPS) is 13.6. The highest BCUT2D eigenvalue weighted by Crippen LogP contribution is 2.15. The van der Waals surface area contributed by atoms with Gasteiger partial charge in [0, 0.05) is 35.9 Å². The summed E-state index contributed by atoms with van der Waals surface area (Å²) in [5.41, 5.74) is 2.67. The summed E-state index contributed by atoms with van der Waals surface area (Å²) in [5, 5.41) is 7.53. The van der Waals surface area contributed by atoms with Crippen molar-refractivity contribution in [1.29, 1.82) is 0 Å². The SMILES string of the molecule is O=C(c1ccc(NC(=S)NCc2ccc(Cl)cc2)cc1)N1CCCC1. The lowest BCUT2D eigenvalue weighted by Gasteiger charge is -2.15.